The highest BCUT2D eigenvalue weighted by Crippen LogP contribution is 2.38. The number of likely N-dealkylation sites (tertiary alicyclic amines) is 1. The molecule has 0 bridgehead atoms. The summed E-state index contributed by atoms with van der Waals surface area (Å²) in [6.45, 7) is 6.94. The SMILES string of the molecule is COC1CCN(Cc2cccc3c2OC(C)(C)C3)C(CN)C1.Cl. The molecule has 3 rings (SSSR count). The van der Waals surface area contributed by atoms with E-state index in [1.165, 1.54) is 11.1 Å². The van der Waals surface area contributed by atoms with Crippen molar-refractivity contribution >= 4 is 12.4 Å². The normalized spacial score (nSPS) is 26.3. The van der Waals surface area contributed by atoms with E-state index in [1.807, 2.05) is 0 Å². The van der Waals surface area contributed by atoms with E-state index < -0.39 is 0 Å². The molecule has 4 nitrogen and oxygen atoms in total. The zero-order chi connectivity index (χ0) is 15.7. The minimum absolute atomic E-state index is 0. The first-order chi connectivity index (χ1) is 10.5. The van der Waals surface area contributed by atoms with Crippen molar-refractivity contribution in [2.75, 3.05) is 20.2 Å². The number of rotatable bonds is 4. The number of fused-ring (bicyclic) bond motifs is 1. The molecule has 0 radical (unpaired) electrons. The highest BCUT2D eigenvalue weighted by molar-refractivity contribution is 5.85. The zero-order valence-electron chi connectivity index (χ0n) is 14.4. The molecular weight excluding hydrogens is 312 g/mol. The Labute approximate surface area is 145 Å². The number of nitrogens with two attached hydrogens (primary N) is 1. The quantitative estimate of drug-likeness (QED) is 0.915. The van der Waals surface area contributed by atoms with Gasteiger partial charge in [0, 0.05) is 44.8 Å². The van der Waals surface area contributed by atoms with E-state index >= 15 is 0 Å². The molecule has 1 fully saturated rings. The Hall–Kier alpha value is -0.810. The molecule has 0 saturated carbocycles. The summed E-state index contributed by atoms with van der Waals surface area (Å²) in [7, 11) is 1.80. The molecule has 1 aromatic rings. The van der Waals surface area contributed by atoms with Crippen LogP contribution in [-0.4, -0.2) is 42.8 Å². The van der Waals surface area contributed by atoms with Gasteiger partial charge < -0.3 is 15.2 Å². The standard InChI is InChI=1S/C18H28N2O2.ClH/c1-18(2)10-13-5-4-6-14(17(13)22-18)12-20-8-7-16(21-3)9-15(20)11-19;/h4-6,15-16H,7-12,19H2,1-3H3;1H. The fraction of sp³-hybridized carbons (Fsp3) is 0.667. The Balaban J connectivity index is 0.00000192. The lowest BCUT2D eigenvalue weighted by molar-refractivity contribution is 0.00974. The van der Waals surface area contributed by atoms with Crippen molar-refractivity contribution in [3.63, 3.8) is 0 Å². The van der Waals surface area contributed by atoms with Gasteiger partial charge in [-0.2, -0.15) is 0 Å². The fourth-order valence-corrected chi connectivity index (χ4v) is 3.75. The van der Waals surface area contributed by atoms with E-state index in [1.54, 1.807) is 7.11 Å². The lowest BCUT2D eigenvalue weighted by atomic mass is 9.97. The maximum Gasteiger partial charge on any atom is 0.127 e. The van der Waals surface area contributed by atoms with Gasteiger partial charge in [-0.3, -0.25) is 4.90 Å². The van der Waals surface area contributed by atoms with Crippen molar-refractivity contribution in [1.29, 1.82) is 0 Å². The molecule has 2 atom stereocenters. The lowest BCUT2D eigenvalue weighted by Crippen LogP contribution is -2.48. The maximum atomic E-state index is 6.20. The summed E-state index contributed by atoms with van der Waals surface area (Å²) in [5, 5.41) is 0. The summed E-state index contributed by atoms with van der Waals surface area (Å²) >= 11 is 0. The van der Waals surface area contributed by atoms with Crippen LogP contribution in [0.3, 0.4) is 0 Å². The van der Waals surface area contributed by atoms with E-state index in [9.17, 15) is 0 Å². The predicted octanol–water partition coefficient (Wildman–Crippen LogP) is 2.76. The average Bonchev–Trinajstić information content (AvgIpc) is 2.82. The zero-order valence-corrected chi connectivity index (χ0v) is 15.2. The number of hydrogen-bond donors (Lipinski definition) is 1. The van der Waals surface area contributed by atoms with Gasteiger partial charge in [-0.25, -0.2) is 0 Å². The monoisotopic (exact) mass is 340 g/mol. The van der Waals surface area contributed by atoms with Gasteiger partial charge in [0.15, 0.2) is 0 Å². The van der Waals surface area contributed by atoms with Crippen molar-refractivity contribution in [2.45, 2.75) is 57.4 Å². The summed E-state index contributed by atoms with van der Waals surface area (Å²) in [6.07, 6.45) is 3.44. The van der Waals surface area contributed by atoms with Crippen LogP contribution >= 0.6 is 12.4 Å². The fourth-order valence-electron chi connectivity index (χ4n) is 3.75. The smallest absolute Gasteiger partial charge is 0.127 e. The largest absolute Gasteiger partial charge is 0.487 e. The Morgan fingerprint density at radius 1 is 1.39 bits per heavy atom. The molecule has 0 amide bonds. The number of hydrogen-bond acceptors (Lipinski definition) is 4. The van der Waals surface area contributed by atoms with Crippen molar-refractivity contribution in [3.8, 4) is 5.75 Å². The van der Waals surface area contributed by atoms with Gasteiger partial charge in [0.1, 0.15) is 11.4 Å². The number of nitrogens with zero attached hydrogens (tertiary/aromatic N) is 1. The molecule has 0 aliphatic carbocycles. The molecule has 130 valence electrons. The second-order valence-electron chi connectivity index (χ2n) is 7.19. The van der Waals surface area contributed by atoms with E-state index in [-0.39, 0.29) is 18.0 Å². The molecular formula is C18H29ClN2O2. The Morgan fingerprint density at radius 3 is 2.87 bits per heavy atom. The molecule has 23 heavy (non-hydrogen) atoms. The van der Waals surface area contributed by atoms with Gasteiger partial charge in [0.25, 0.3) is 0 Å². The Kier molecular flexibility index (Phi) is 5.95. The average molecular weight is 341 g/mol. The number of methoxy groups -OCH3 is 1. The molecule has 2 heterocycles. The number of para-hydroxylation sites is 1. The molecule has 1 aromatic carbocycles. The first kappa shape index (κ1) is 18.5. The van der Waals surface area contributed by atoms with Crippen molar-refractivity contribution in [2.24, 2.45) is 5.73 Å². The highest BCUT2D eigenvalue weighted by Gasteiger charge is 2.33. The summed E-state index contributed by atoms with van der Waals surface area (Å²) < 4.78 is 11.7. The highest BCUT2D eigenvalue weighted by atomic mass is 35.5. The van der Waals surface area contributed by atoms with Gasteiger partial charge >= 0.3 is 0 Å². The van der Waals surface area contributed by atoms with Crippen LogP contribution in [0.4, 0.5) is 0 Å². The van der Waals surface area contributed by atoms with Crippen LogP contribution in [0.25, 0.3) is 0 Å². The number of ether oxygens (including phenoxy) is 2. The first-order valence-electron chi connectivity index (χ1n) is 8.29. The van der Waals surface area contributed by atoms with Crippen LogP contribution in [-0.2, 0) is 17.7 Å². The summed E-state index contributed by atoms with van der Waals surface area (Å²) in [4.78, 5) is 2.49. The van der Waals surface area contributed by atoms with Crippen LogP contribution < -0.4 is 10.5 Å². The molecule has 2 unspecified atom stereocenters. The van der Waals surface area contributed by atoms with E-state index in [0.29, 0.717) is 18.7 Å². The Morgan fingerprint density at radius 2 is 2.17 bits per heavy atom. The van der Waals surface area contributed by atoms with Gasteiger partial charge in [0.2, 0.25) is 0 Å². The molecule has 0 aromatic heterocycles. The second-order valence-corrected chi connectivity index (χ2v) is 7.19. The second kappa shape index (κ2) is 7.39. The van der Waals surface area contributed by atoms with E-state index in [0.717, 1.165) is 38.1 Å². The van der Waals surface area contributed by atoms with E-state index in [2.05, 4.69) is 36.9 Å². The van der Waals surface area contributed by atoms with Crippen molar-refractivity contribution in [1.82, 2.24) is 4.90 Å². The minimum Gasteiger partial charge on any atom is -0.487 e. The molecule has 2 N–H and O–H groups in total. The van der Waals surface area contributed by atoms with Crippen LogP contribution in [0.15, 0.2) is 18.2 Å². The van der Waals surface area contributed by atoms with E-state index in [4.69, 9.17) is 15.2 Å². The topological polar surface area (TPSA) is 47.7 Å². The Bertz CT molecular complexity index is 536. The van der Waals surface area contributed by atoms with Crippen molar-refractivity contribution in [3.05, 3.63) is 29.3 Å². The molecule has 2 aliphatic rings. The van der Waals surface area contributed by atoms with Crippen LogP contribution in [0.5, 0.6) is 5.75 Å². The summed E-state index contributed by atoms with van der Waals surface area (Å²) in [6, 6.07) is 6.92. The van der Waals surface area contributed by atoms with Crippen molar-refractivity contribution < 1.29 is 9.47 Å². The minimum atomic E-state index is -0.0885. The third kappa shape index (κ3) is 4.00. The van der Waals surface area contributed by atoms with Gasteiger partial charge in [-0.05, 0) is 32.3 Å². The van der Waals surface area contributed by atoms with Crippen LogP contribution in [0, 0.1) is 0 Å². The molecule has 2 aliphatic heterocycles. The lowest BCUT2D eigenvalue weighted by Gasteiger charge is -2.38. The number of piperidine rings is 1. The molecule has 1 saturated heterocycles. The van der Waals surface area contributed by atoms with Crippen LogP contribution in [0.2, 0.25) is 0 Å². The maximum absolute atomic E-state index is 6.20. The third-order valence-electron chi connectivity index (χ3n) is 4.94. The third-order valence-corrected chi connectivity index (χ3v) is 4.94. The number of benzene rings is 1. The van der Waals surface area contributed by atoms with Crippen LogP contribution in [0.1, 0.15) is 37.8 Å². The summed E-state index contributed by atoms with van der Waals surface area (Å²) in [5.41, 5.74) is 8.52. The van der Waals surface area contributed by atoms with Gasteiger partial charge in [-0.15, -0.1) is 12.4 Å². The van der Waals surface area contributed by atoms with Gasteiger partial charge in [-0.1, -0.05) is 18.2 Å². The first-order valence-corrected chi connectivity index (χ1v) is 8.29. The van der Waals surface area contributed by atoms with Gasteiger partial charge in [0.05, 0.1) is 6.10 Å². The predicted molar refractivity (Wildman–Crippen MR) is 95.4 cm³/mol. The number of halogens is 1. The molecule has 5 heteroatoms. The summed E-state index contributed by atoms with van der Waals surface area (Å²) in [5.74, 6) is 1.09. The molecule has 0 spiro atoms.